The Labute approximate surface area is 309 Å². The highest BCUT2D eigenvalue weighted by atomic mass is 35.5. The number of anilines is 2. The number of ether oxygens (including phenoxy) is 2. The molecule has 0 saturated heterocycles. The van der Waals surface area contributed by atoms with Crippen LogP contribution >= 0.6 is 11.6 Å². The molecule has 6 rings (SSSR count). The van der Waals surface area contributed by atoms with Gasteiger partial charge in [-0.3, -0.25) is 14.4 Å². The van der Waals surface area contributed by atoms with Gasteiger partial charge in [0.1, 0.15) is 17.5 Å². The first-order valence-corrected chi connectivity index (χ1v) is 17.2. The van der Waals surface area contributed by atoms with Crippen molar-refractivity contribution in [2.24, 2.45) is 5.16 Å². The fraction of sp³-hybridized carbons (Fsp3) is 0.308. The molecule has 2 N–H and O–H groups in total. The Hall–Kier alpha value is -5.27. The van der Waals surface area contributed by atoms with Crippen molar-refractivity contribution in [3.63, 3.8) is 0 Å². The van der Waals surface area contributed by atoms with Gasteiger partial charge in [0.25, 0.3) is 11.8 Å². The van der Waals surface area contributed by atoms with Crippen LogP contribution in [-0.4, -0.2) is 43.1 Å². The van der Waals surface area contributed by atoms with Gasteiger partial charge in [0.05, 0.1) is 25.1 Å². The second-order valence-corrected chi connectivity index (χ2v) is 13.9. The smallest absolute Gasteiger partial charge is 0.497 e. The first-order chi connectivity index (χ1) is 25.2. The summed E-state index contributed by atoms with van der Waals surface area (Å²) in [4.78, 5) is 40.0. The van der Waals surface area contributed by atoms with Gasteiger partial charge in [-0.05, 0) is 80.6 Å². The summed E-state index contributed by atoms with van der Waals surface area (Å²) < 4.78 is 49.3. The molecule has 1 unspecified atom stereocenters. The molecule has 2 amide bonds. The largest absolute Gasteiger partial charge is 0.573 e. The number of hydroxylamine groups is 1. The lowest BCUT2D eigenvalue weighted by Gasteiger charge is -2.27. The fourth-order valence-corrected chi connectivity index (χ4v) is 6.19. The van der Waals surface area contributed by atoms with Gasteiger partial charge >= 0.3 is 6.36 Å². The molecule has 1 heterocycles. The second-order valence-electron chi connectivity index (χ2n) is 13.5. The lowest BCUT2D eigenvalue weighted by atomic mass is 9.99. The van der Waals surface area contributed by atoms with E-state index in [1.54, 1.807) is 69.3 Å². The number of alkyl halides is 3. The predicted molar refractivity (Wildman–Crippen MR) is 194 cm³/mol. The number of amides is 2. The van der Waals surface area contributed by atoms with Gasteiger partial charge in [-0.25, -0.2) is 5.48 Å². The van der Waals surface area contributed by atoms with Crippen molar-refractivity contribution in [1.82, 2.24) is 5.48 Å². The molecular formula is C39H38ClF3N4O6. The molecule has 1 atom stereocenters. The molecule has 1 saturated carbocycles. The van der Waals surface area contributed by atoms with Crippen molar-refractivity contribution in [1.29, 1.82) is 0 Å². The van der Waals surface area contributed by atoms with Crippen LogP contribution in [0.1, 0.15) is 61.9 Å². The SMILES string of the molecule is COc1cc(NC(C(=O)N2CC3(CC3)c3ccc(OC(F)(F)F)cc32)c2ccc(Cl)cc2)cc(C(C)=NOC(C)(C)C(=O)NOCc2ccccc2)c1. The van der Waals surface area contributed by atoms with E-state index in [1.165, 1.54) is 24.1 Å². The number of fused-ring (bicyclic) bond motifs is 2. The highest BCUT2D eigenvalue weighted by Gasteiger charge is 2.54. The Kier molecular flexibility index (Phi) is 10.6. The zero-order valence-corrected chi connectivity index (χ0v) is 30.2. The first kappa shape index (κ1) is 37.5. The van der Waals surface area contributed by atoms with Crippen molar-refractivity contribution < 1.29 is 41.9 Å². The van der Waals surface area contributed by atoms with E-state index in [1.807, 2.05) is 30.3 Å². The molecule has 0 radical (unpaired) electrons. The zero-order valence-electron chi connectivity index (χ0n) is 29.4. The highest BCUT2D eigenvalue weighted by Crippen LogP contribution is 2.57. The number of hydrogen-bond donors (Lipinski definition) is 2. The minimum Gasteiger partial charge on any atom is -0.497 e. The topological polar surface area (TPSA) is 111 Å². The number of nitrogens with one attached hydrogen (secondary N) is 2. The fourth-order valence-electron chi connectivity index (χ4n) is 6.06. The van der Waals surface area contributed by atoms with Gasteiger partial charge in [0.2, 0.25) is 5.60 Å². The number of hydrogen-bond acceptors (Lipinski definition) is 8. The van der Waals surface area contributed by atoms with Gasteiger partial charge in [-0.1, -0.05) is 65.3 Å². The molecule has 4 aromatic carbocycles. The van der Waals surface area contributed by atoms with Crippen molar-refractivity contribution in [2.75, 3.05) is 23.9 Å². The average molecular weight is 751 g/mol. The van der Waals surface area contributed by atoms with E-state index in [9.17, 15) is 22.8 Å². The number of oxime groups is 1. The van der Waals surface area contributed by atoms with Crippen molar-refractivity contribution in [2.45, 2.75) is 63.6 Å². The number of rotatable bonds is 13. The minimum absolute atomic E-state index is 0.169. The average Bonchev–Trinajstić information content (AvgIpc) is 3.84. The molecule has 1 aliphatic heterocycles. The summed E-state index contributed by atoms with van der Waals surface area (Å²) in [5.41, 5.74) is 4.74. The van der Waals surface area contributed by atoms with E-state index in [4.69, 9.17) is 26.0 Å². The molecule has 1 fully saturated rings. The number of methoxy groups -OCH3 is 1. The van der Waals surface area contributed by atoms with E-state index in [0.29, 0.717) is 45.5 Å². The molecule has 278 valence electrons. The van der Waals surface area contributed by atoms with Crippen molar-refractivity contribution in [3.8, 4) is 11.5 Å². The number of benzene rings is 4. The normalized spacial score (nSPS) is 15.4. The van der Waals surface area contributed by atoms with Crippen LogP contribution in [0.15, 0.2) is 96.2 Å². The van der Waals surface area contributed by atoms with Crippen LogP contribution in [0, 0.1) is 0 Å². The summed E-state index contributed by atoms with van der Waals surface area (Å²) in [6, 6.07) is 24.4. The first-order valence-electron chi connectivity index (χ1n) is 16.8. The molecular weight excluding hydrogens is 713 g/mol. The standard InChI is InChI=1S/C39H38ClF3N4O6/c1-24(45-53-37(2,3)36(49)46-51-22-25-8-6-5-7-9-25)27-18-29(20-31(19-27)50-4)44-34(26-10-12-28(40)13-11-26)35(48)47-23-38(16-17-38)32-15-14-30(21-33(32)47)52-39(41,42)43/h5-15,18-21,34,44H,16-17,22-23H2,1-4H3,(H,46,49). The maximum absolute atomic E-state index is 14.6. The van der Waals surface area contributed by atoms with Gasteiger partial charge < -0.3 is 24.5 Å². The molecule has 14 heteroatoms. The monoisotopic (exact) mass is 750 g/mol. The summed E-state index contributed by atoms with van der Waals surface area (Å²) in [6.45, 7) is 5.27. The second kappa shape index (κ2) is 15.0. The van der Waals surface area contributed by atoms with Crippen LogP contribution in [0.4, 0.5) is 24.5 Å². The summed E-state index contributed by atoms with van der Waals surface area (Å²) >= 11 is 6.20. The van der Waals surface area contributed by atoms with Crippen LogP contribution < -0.4 is 25.2 Å². The third-order valence-corrected chi connectivity index (χ3v) is 9.42. The summed E-state index contributed by atoms with van der Waals surface area (Å²) in [5, 5.41) is 8.01. The molecule has 1 spiro atoms. The maximum Gasteiger partial charge on any atom is 0.573 e. The predicted octanol–water partition coefficient (Wildman–Crippen LogP) is 8.25. The van der Waals surface area contributed by atoms with Crippen LogP contribution in [0.3, 0.4) is 0 Å². The van der Waals surface area contributed by atoms with Crippen LogP contribution in [0.5, 0.6) is 11.5 Å². The van der Waals surface area contributed by atoms with Gasteiger partial charge in [-0.2, -0.15) is 0 Å². The van der Waals surface area contributed by atoms with Crippen LogP contribution in [-0.2, 0) is 31.3 Å². The Bertz CT molecular complexity index is 2000. The molecule has 10 nitrogen and oxygen atoms in total. The number of carbonyl (C=O) groups excluding carboxylic acids is 2. The maximum atomic E-state index is 14.6. The Morgan fingerprint density at radius 3 is 2.34 bits per heavy atom. The number of nitrogens with zero attached hydrogens (tertiary/aromatic N) is 2. The minimum atomic E-state index is -4.89. The summed E-state index contributed by atoms with van der Waals surface area (Å²) in [5.74, 6) is -0.902. The third kappa shape index (κ3) is 8.86. The molecule has 0 bridgehead atoms. The summed E-state index contributed by atoms with van der Waals surface area (Å²) in [6.07, 6.45) is -3.27. The van der Waals surface area contributed by atoms with E-state index in [2.05, 4.69) is 20.7 Å². The zero-order chi connectivity index (χ0) is 38.0. The highest BCUT2D eigenvalue weighted by molar-refractivity contribution is 6.30. The van der Waals surface area contributed by atoms with E-state index < -0.39 is 29.7 Å². The number of halogens is 4. The molecule has 1 aliphatic carbocycles. The third-order valence-electron chi connectivity index (χ3n) is 9.17. The van der Waals surface area contributed by atoms with Crippen LogP contribution in [0.2, 0.25) is 5.02 Å². The molecule has 4 aromatic rings. The van der Waals surface area contributed by atoms with Crippen molar-refractivity contribution >= 4 is 40.5 Å². The van der Waals surface area contributed by atoms with E-state index >= 15 is 0 Å². The number of carbonyl (C=O) groups is 2. The van der Waals surface area contributed by atoms with Crippen molar-refractivity contribution in [3.05, 3.63) is 118 Å². The van der Waals surface area contributed by atoms with Gasteiger partial charge in [-0.15, -0.1) is 13.2 Å². The van der Waals surface area contributed by atoms with E-state index in [0.717, 1.165) is 24.0 Å². The molecule has 53 heavy (non-hydrogen) atoms. The van der Waals surface area contributed by atoms with E-state index in [-0.39, 0.29) is 17.9 Å². The summed E-state index contributed by atoms with van der Waals surface area (Å²) in [7, 11) is 1.49. The van der Waals surface area contributed by atoms with Crippen LogP contribution in [0.25, 0.3) is 0 Å². The molecule has 0 aromatic heterocycles. The van der Waals surface area contributed by atoms with Gasteiger partial charge in [0.15, 0.2) is 0 Å². The lowest BCUT2D eigenvalue weighted by Crippen LogP contribution is -2.43. The molecule has 2 aliphatic rings. The quantitative estimate of drug-likeness (QED) is 0.105. The Morgan fingerprint density at radius 2 is 1.68 bits per heavy atom. The lowest BCUT2D eigenvalue weighted by molar-refractivity contribution is -0.274. The Morgan fingerprint density at radius 1 is 0.962 bits per heavy atom. The van der Waals surface area contributed by atoms with Gasteiger partial charge in [0, 0.05) is 40.4 Å². The Balaban J connectivity index is 1.24.